The summed E-state index contributed by atoms with van der Waals surface area (Å²) in [4.78, 5) is 11.6. The van der Waals surface area contributed by atoms with E-state index in [-0.39, 0.29) is 5.91 Å². The van der Waals surface area contributed by atoms with Gasteiger partial charge in [0, 0.05) is 11.6 Å². The predicted molar refractivity (Wildman–Crippen MR) is 73.4 cm³/mol. The molecule has 2 aliphatic rings. The number of amides is 1. The molecule has 4 heteroatoms. The Hall–Kier alpha value is -0.220. The molecule has 0 aromatic carbocycles. The van der Waals surface area contributed by atoms with E-state index in [0.717, 1.165) is 19.4 Å². The van der Waals surface area contributed by atoms with Crippen LogP contribution in [-0.4, -0.2) is 36.0 Å². The monoisotopic (exact) mass is 256 g/mol. The summed E-state index contributed by atoms with van der Waals surface area (Å²) in [6.07, 6.45) is 10.9. The molecule has 0 bridgehead atoms. The van der Waals surface area contributed by atoms with Crippen LogP contribution in [0.1, 0.15) is 44.9 Å². The predicted octanol–water partition coefficient (Wildman–Crippen LogP) is 1.92. The maximum Gasteiger partial charge on any atom is 0.230 e. The lowest BCUT2D eigenvalue weighted by molar-refractivity contribution is -0.119. The fraction of sp³-hybridized carbons (Fsp3) is 0.923. The first-order valence-corrected chi connectivity index (χ1v) is 8.17. The van der Waals surface area contributed by atoms with Gasteiger partial charge in [0.15, 0.2) is 0 Å². The van der Waals surface area contributed by atoms with Crippen LogP contribution >= 0.6 is 11.8 Å². The van der Waals surface area contributed by atoms with Gasteiger partial charge in [0.2, 0.25) is 5.91 Å². The fourth-order valence-corrected chi connectivity index (χ4v) is 3.64. The maximum absolute atomic E-state index is 11.6. The van der Waals surface area contributed by atoms with Crippen LogP contribution in [0.5, 0.6) is 0 Å². The third kappa shape index (κ3) is 3.62. The van der Waals surface area contributed by atoms with E-state index < -0.39 is 0 Å². The van der Waals surface area contributed by atoms with Crippen molar-refractivity contribution in [2.24, 2.45) is 0 Å². The highest BCUT2D eigenvalue weighted by atomic mass is 32.2. The Labute approximate surface area is 108 Å². The third-order valence-corrected chi connectivity index (χ3v) is 4.63. The highest BCUT2D eigenvalue weighted by Crippen LogP contribution is 2.34. The number of piperidine rings is 1. The van der Waals surface area contributed by atoms with Crippen LogP contribution in [0.25, 0.3) is 0 Å². The summed E-state index contributed by atoms with van der Waals surface area (Å²) in [5.41, 5.74) is 0.341. The van der Waals surface area contributed by atoms with Crippen molar-refractivity contribution >= 4 is 17.7 Å². The zero-order valence-corrected chi connectivity index (χ0v) is 11.6. The van der Waals surface area contributed by atoms with Gasteiger partial charge in [-0.25, -0.2) is 0 Å². The van der Waals surface area contributed by atoms with E-state index >= 15 is 0 Å². The van der Waals surface area contributed by atoms with E-state index in [2.05, 4.69) is 10.6 Å². The number of hydrogen-bond acceptors (Lipinski definition) is 3. The van der Waals surface area contributed by atoms with Gasteiger partial charge in [0.05, 0.1) is 5.75 Å². The largest absolute Gasteiger partial charge is 0.353 e. The molecule has 0 aromatic rings. The summed E-state index contributed by atoms with van der Waals surface area (Å²) in [5.74, 6) is 0.798. The quantitative estimate of drug-likeness (QED) is 0.810. The normalized spacial score (nSPS) is 27.9. The lowest BCUT2D eigenvalue weighted by Crippen LogP contribution is -2.57. The Bertz CT molecular complexity index is 259. The van der Waals surface area contributed by atoms with E-state index in [1.54, 1.807) is 11.8 Å². The van der Waals surface area contributed by atoms with Crippen LogP contribution in [0.15, 0.2) is 0 Å². The van der Waals surface area contributed by atoms with Gasteiger partial charge in [-0.2, -0.15) is 11.8 Å². The topological polar surface area (TPSA) is 41.1 Å². The van der Waals surface area contributed by atoms with Crippen molar-refractivity contribution in [1.82, 2.24) is 10.6 Å². The van der Waals surface area contributed by atoms with Crippen LogP contribution in [0.4, 0.5) is 0 Å². The lowest BCUT2D eigenvalue weighted by atomic mass is 9.75. The average Bonchev–Trinajstić information content (AvgIpc) is 2.30. The molecule has 17 heavy (non-hydrogen) atoms. The minimum atomic E-state index is 0.204. The van der Waals surface area contributed by atoms with Crippen molar-refractivity contribution in [3.63, 3.8) is 0 Å². The van der Waals surface area contributed by atoms with Crippen LogP contribution in [-0.2, 0) is 4.79 Å². The van der Waals surface area contributed by atoms with E-state index in [1.165, 1.54) is 32.1 Å². The Morgan fingerprint density at radius 3 is 2.88 bits per heavy atom. The van der Waals surface area contributed by atoms with Gasteiger partial charge in [0.25, 0.3) is 0 Å². The van der Waals surface area contributed by atoms with Gasteiger partial charge in [0.1, 0.15) is 0 Å². The van der Waals surface area contributed by atoms with Crippen molar-refractivity contribution in [2.45, 2.75) is 56.5 Å². The van der Waals surface area contributed by atoms with Gasteiger partial charge >= 0.3 is 0 Å². The summed E-state index contributed by atoms with van der Waals surface area (Å²) >= 11 is 1.60. The number of carbonyl (C=O) groups excluding carboxylic acids is 1. The van der Waals surface area contributed by atoms with Crippen molar-refractivity contribution < 1.29 is 4.79 Å². The second-order valence-electron chi connectivity index (χ2n) is 5.46. The molecule has 1 aliphatic heterocycles. The molecule has 0 aromatic heterocycles. The molecule has 1 spiro atoms. The molecule has 1 atom stereocenters. The minimum absolute atomic E-state index is 0.204. The molecule has 1 saturated heterocycles. The second-order valence-corrected chi connectivity index (χ2v) is 6.32. The van der Waals surface area contributed by atoms with Gasteiger partial charge in [-0.1, -0.05) is 19.3 Å². The summed E-state index contributed by atoms with van der Waals surface area (Å²) in [7, 11) is 0. The van der Waals surface area contributed by atoms with Gasteiger partial charge in [-0.3, -0.25) is 4.79 Å². The molecule has 2 fully saturated rings. The van der Waals surface area contributed by atoms with Gasteiger partial charge < -0.3 is 10.6 Å². The SMILES string of the molecule is CSCC(=O)NC1CCNC2(CCCCC2)C1. The van der Waals surface area contributed by atoms with Crippen LogP contribution < -0.4 is 10.6 Å². The molecule has 1 aliphatic carbocycles. The smallest absolute Gasteiger partial charge is 0.230 e. The molecular formula is C13H24N2OS. The van der Waals surface area contributed by atoms with Crippen LogP contribution in [0.2, 0.25) is 0 Å². The Kier molecular flexibility index (Phi) is 4.74. The molecule has 3 nitrogen and oxygen atoms in total. The van der Waals surface area contributed by atoms with Crippen LogP contribution in [0, 0.1) is 0 Å². The summed E-state index contributed by atoms with van der Waals surface area (Å²) < 4.78 is 0. The van der Waals surface area contributed by atoms with Crippen molar-refractivity contribution in [2.75, 3.05) is 18.6 Å². The summed E-state index contributed by atoms with van der Waals surface area (Å²) in [6.45, 7) is 1.06. The Morgan fingerprint density at radius 2 is 2.18 bits per heavy atom. The maximum atomic E-state index is 11.6. The molecule has 0 radical (unpaired) electrons. The first-order valence-electron chi connectivity index (χ1n) is 6.77. The lowest BCUT2D eigenvalue weighted by Gasteiger charge is -2.44. The zero-order chi connectivity index (χ0) is 12.1. The zero-order valence-electron chi connectivity index (χ0n) is 10.8. The standard InChI is InChI=1S/C13H24N2OS/c1-17-10-12(16)15-11-5-8-14-13(9-11)6-3-2-4-7-13/h11,14H,2-10H2,1H3,(H,15,16). The molecule has 1 heterocycles. The highest BCUT2D eigenvalue weighted by molar-refractivity contribution is 7.99. The Balaban J connectivity index is 1.85. The summed E-state index contributed by atoms with van der Waals surface area (Å²) in [6, 6.07) is 0.397. The van der Waals surface area contributed by atoms with E-state index in [0.29, 0.717) is 17.3 Å². The first kappa shape index (κ1) is 13.2. The van der Waals surface area contributed by atoms with Crippen molar-refractivity contribution in [3.05, 3.63) is 0 Å². The molecule has 1 saturated carbocycles. The number of carbonyl (C=O) groups is 1. The third-order valence-electron chi connectivity index (χ3n) is 4.08. The molecule has 98 valence electrons. The average molecular weight is 256 g/mol. The molecular weight excluding hydrogens is 232 g/mol. The number of nitrogens with one attached hydrogen (secondary N) is 2. The second kappa shape index (κ2) is 6.10. The molecule has 1 amide bonds. The summed E-state index contributed by atoms with van der Waals surface area (Å²) in [5, 5.41) is 6.90. The number of rotatable bonds is 3. The number of hydrogen-bond donors (Lipinski definition) is 2. The first-order chi connectivity index (χ1) is 8.24. The molecule has 2 N–H and O–H groups in total. The minimum Gasteiger partial charge on any atom is -0.353 e. The van der Waals surface area contributed by atoms with Gasteiger partial charge in [-0.15, -0.1) is 0 Å². The van der Waals surface area contributed by atoms with Crippen molar-refractivity contribution in [1.29, 1.82) is 0 Å². The highest BCUT2D eigenvalue weighted by Gasteiger charge is 2.37. The molecule has 2 rings (SSSR count). The van der Waals surface area contributed by atoms with E-state index in [1.807, 2.05) is 6.26 Å². The van der Waals surface area contributed by atoms with E-state index in [4.69, 9.17) is 0 Å². The van der Waals surface area contributed by atoms with Gasteiger partial charge in [-0.05, 0) is 38.5 Å². The Morgan fingerprint density at radius 1 is 1.41 bits per heavy atom. The fourth-order valence-electron chi connectivity index (χ4n) is 3.29. The van der Waals surface area contributed by atoms with Crippen molar-refractivity contribution in [3.8, 4) is 0 Å². The van der Waals surface area contributed by atoms with Crippen LogP contribution in [0.3, 0.4) is 0 Å². The number of thioether (sulfide) groups is 1. The molecule has 1 unspecified atom stereocenters. The van der Waals surface area contributed by atoms with E-state index in [9.17, 15) is 4.79 Å².